The van der Waals surface area contributed by atoms with Gasteiger partial charge in [-0.2, -0.15) is 5.26 Å². The van der Waals surface area contributed by atoms with Crippen LogP contribution < -0.4 is 0 Å². The van der Waals surface area contributed by atoms with Gasteiger partial charge in [-0.05, 0) is 31.6 Å². The molecule has 1 rings (SSSR count). The van der Waals surface area contributed by atoms with E-state index >= 15 is 0 Å². The molecule has 0 aromatic heterocycles. The molecule has 90 valence electrons. The van der Waals surface area contributed by atoms with Crippen LogP contribution in [-0.4, -0.2) is 18.5 Å². The van der Waals surface area contributed by atoms with E-state index in [-0.39, 0.29) is 11.7 Å². The number of ketones is 1. The van der Waals surface area contributed by atoms with Crippen LogP contribution in [0.25, 0.3) is 0 Å². The fourth-order valence-electron chi connectivity index (χ4n) is 2.22. The van der Waals surface area contributed by atoms with Crippen molar-refractivity contribution in [2.75, 3.05) is 6.61 Å². The van der Waals surface area contributed by atoms with Crippen LogP contribution >= 0.6 is 0 Å². The van der Waals surface area contributed by atoms with Gasteiger partial charge in [0, 0.05) is 13.0 Å². The molecule has 0 aromatic rings. The van der Waals surface area contributed by atoms with Crippen LogP contribution in [0.15, 0.2) is 0 Å². The second-order valence-electron chi connectivity index (χ2n) is 4.94. The van der Waals surface area contributed by atoms with Crippen molar-refractivity contribution < 1.29 is 9.53 Å². The van der Waals surface area contributed by atoms with Gasteiger partial charge in [0.05, 0.1) is 12.2 Å². The summed E-state index contributed by atoms with van der Waals surface area (Å²) in [4.78, 5) is 11.8. The molecule has 1 saturated carbocycles. The Morgan fingerprint density at radius 3 is 2.56 bits per heavy atom. The molecule has 1 unspecified atom stereocenters. The van der Waals surface area contributed by atoms with E-state index in [0.29, 0.717) is 18.4 Å². The zero-order chi connectivity index (χ0) is 12.1. The Hall–Kier alpha value is -0.880. The molecule has 1 atom stereocenters. The summed E-state index contributed by atoms with van der Waals surface area (Å²) in [7, 11) is 0. The van der Waals surface area contributed by atoms with Crippen LogP contribution in [0, 0.1) is 29.1 Å². The predicted molar refractivity (Wildman–Crippen MR) is 61.7 cm³/mol. The first-order valence-electron chi connectivity index (χ1n) is 6.12. The number of nitrogens with zero attached hydrogens (tertiary/aromatic N) is 1. The number of carbonyl (C=O) groups is 1. The molecular formula is C13H21NO2. The maximum Gasteiger partial charge on any atom is 0.150 e. The van der Waals surface area contributed by atoms with Crippen molar-refractivity contribution in [2.24, 2.45) is 17.8 Å². The first-order valence-corrected chi connectivity index (χ1v) is 6.12. The number of Topliss-reactive ketones (excluding diaryl/α,β-unsaturated/α-hetero) is 1. The normalized spacial score (nSPS) is 25.9. The molecule has 0 saturated heterocycles. The molecule has 0 aromatic carbocycles. The molecule has 1 aliphatic rings. The summed E-state index contributed by atoms with van der Waals surface area (Å²) in [5.74, 6) is 0.252. The Bertz CT molecular complexity index is 274. The lowest BCUT2D eigenvalue weighted by Gasteiger charge is -2.35. The quantitative estimate of drug-likeness (QED) is 0.695. The minimum absolute atomic E-state index is 0.109. The number of hydrogen-bond acceptors (Lipinski definition) is 3. The fraction of sp³-hybridized carbons (Fsp3) is 0.846. The van der Waals surface area contributed by atoms with Crippen molar-refractivity contribution in [3.8, 4) is 6.07 Å². The molecule has 3 nitrogen and oxygen atoms in total. The number of ether oxygens (including phenoxy) is 1. The van der Waals surface area contributed by atoms with E-state index in [1.54, 1.807) is 0 Å². The number of nitriles is 1. The number of hydrogen-bond donors (Lipinski definition) is 0. The van der Waals surface area contributed by atoms with Crippen LogP contribution in [0.2, 0.25) is 0 Å². The molecule has 0 aliphatic heterocycles. The van der Waals surface area contributed by atoms with E-state index in [1.807, 2.05) is 20.8 Å². The van der Waals surface area contributed by atoms with Gasteiger partial charge in [-0.1, -0.05) is 13.8 Å². The van der Waals surface area contributed by atoms with E-state index in [2.05, 4.69) is 6.07 Å². The van der Waals surface area contributed by atoms with Gasteiger partial charge in [-0.15, -0.1) is 0 Å². The Labute approximate surface area is 97.8 Å². The predicted octanol–water partition coefficient (Wildman–Crippen LogP) is 2.56. The summed E-state index contributed by atoms with van der Waals surface area (Å²) in [6.07, 6.45) is 2.87. The third kappa shape index (κ3) is 3.31. The van der Waals surface area contributed by atoms with Gasteiger partial charge < -0.3 is 4.74 Å². The van der Waals surface area contributed by atoms with Crippen LogP contribution in [0.5, 0.6) is 0 Å². The Kier molecular flexibility index (Phi) is 4.95. The minimum Gasteiger partial charge on any atom is -0.378 e. The van der Waals surface area contributed by atoms with E-state index in [0.717, 1.165) is 19.4 Å². The topological polar surface area (TPSA) is 50.1 Å². The smallest absolute Gasteiger partial charge is 0.150 e. The van der Waals surface area contributed by atoms with Gasteiger partial charge in [0.2, 0.25) is 0 Å². The lowest BCUT2D eigenvalue weighted by Crippen LogP contribution is -2.34. The van der Waals surface area contributed by atoms with Crippen LogP contribution in [0.3, 0.4) is 0 Å². The fourth-order valence-corrected chi connectivity index (χ4v) is 2.22. The highest BCUT2D eigenvalue weighted by atomic mass is 16.5. The summed E-state index contributed by atoms with van der Waals surface area (Å²) in [5.41, 5.74) is 0. The maximum atomic E-state index is 11.8. The molecule has 0 radical (unpaired) electrons. The minimum atomic E-state index is -0.425. The highest BCUT2D eigenvalue weighted by Crippen LogP contribution is 2.34. The van der Waals surface area contributed by atoms with E-state index in [1.165, 1.54) is 0 Å². The summed E-state index contributed by atoms with van der Waals surface area (Å²) < 4.78 is 5.45. The standard InChI is InChI=1S/C13H21NO2/c1-4-16-11-5-10(6-11)7-13(15)12(8-14)9(2)3/h9-12H,4-7H2,1-3H3. The monoisotopic (exact) mass is 223 g/mol. The Morgan fingerprint density at radius 1 is 1.50 bits per heavy atom. The van der Waals surface area contributed by atoms with E-state index < -0.39 is 5.92 Å². The van der Waals surface area contributed by atoms with Gasteiger partial charge in [-0.3, -0.25) is 4.79 Å². The summed E-state index contributed by atoms with van der Waals surface area (Å²) in [6.45, 7) is 6.59. The first-order chi connectivity index (χ1) is 7.58. The summed E-state index contributed by atoms with van der Waals surface area (Å²) >= 11 is 0. The molecule has 1 aliphatic carbocycles. The zero-order valence-corrected chi connectivity index (χ0v) is 10.4. The van der Waals surface area contributed by atoms with Gasteiger partial charge in [0.1, 0.15) is 5.92 Å². The molecule has 3 heteroatoms. The van der Waals surface area contributed by atoms with Crippen molar-refractivity contribution in [1.82, 2.24) is 0 Å². The van der Waals surface area contributed by atoms with Crippen LogP contribution in [-0.2, 0) is 9.53 Å². The molecule has 0 bridgehead atoms. The average Bonchev–Trinajstić information content (AvgIpc) is 2.15. The van der Waals surface area contributed by atoms with Gasteiger partial charge in [0.15, 0.2) is 5.78 Å². The molecular weight excluding hydrogens is 202 g/mol. The molecule has 1 fully saturated rings. The van der Waals surface area contributed by atoms with Crippen molar-refractivity contribution in [2.45, 2.75) is 46.1 Å². The lowest BCUT2D eigenvalue weighted by atomic mass is 9.76. The van der Waals surface area contributed by atoms with Crippen molar-refractivity contribution in [3.63, 3.8) is 0 Å². The molecule has 16 heavy (non-hydrogen) atoms. The van der Waals surface area contributed by atoms with Gasteiger partial charge >= 0.3 is 0 Å². The highest BCUT2D eigenvalue weighted by Gasteiger charge is 2.33. The first kappa shape index (κ1) is 13.2. The largest absolute Gasteiger partial charge is 0.378 e. The van der Waals surface area contributed by atoms with Crippen molar-refractivity contribution in [1.29, 1.82) is 5.26 Å². The highest BCUT2D eigenvalue weighted by molar-refractivity contribution is 5.83. The maximum absolute atomic E-state index is 11.8. The van der Waals surface area contributed by atoms with E-state index in [9.17, 15) is 4.79 Å². The Morgan fingerprint density at radius 2 is 2.12 bits per heavy atom. The zero-order valence-electron chi connectivity index (χ0n) is 10.4. The second-order valence-corrected chi connectivity index (χ2v) is 4.94. The number of carbonyl (C=O) groups excluding carboxylic acids is 1. The molecule has 0 heterocycles. The lowest BCUT2D eigenvalue weighted by molar-refractivity contribution is -0.125. The molecule has 0 spiro atoms. The third-order valence-electron chi connectivity index (χ3n) is 3.24. The summed E-state index contributed by atoms with van der Waals surface area (Å²) in [5, 5.41) is 8.91. The molecule has 0 N–H and O–H groups in total. The summed E-state index contributed by atoms with van der Waals surface area (Å²) in [6, 6.07) is 2.11. The second kappa shape index (κ2) is 6.00. The SMILES string of the molecule is CCOC1CC(CC(=O)C(C#N)C(C)C)C1. The van der Waals surface area contributed by atoms with Crippen LogP contribution in [0.4, 0.5) is 0 Å². The number of rotatable bonds is 6. The van der Waals surface area contributed by atoms with Crippen molar-refractivity contribution in [3.05, 3.63) is 0 Å². The van der Waals surface area contributed by atoms with Gasteiger partial charge in [0.25, 0.3) is 0 Å². The van der Waals surface area contributed by atoms with Crippen molar-refractivity contribution >= 4 is 5.78 Å². The Balaban J connectivity index is 2.29. The van der Waals surface area contributed by atoms with Gasteiger partial charge in [-0.25, -0.2) is 0 Å². The van der Waals surface area contributed by atoms with E-state index in [4.69, 9.17) is 10.00 Å². The third-order valence-corrected chi connectivity index (χ3v) is 3.24. The van der Waals surface area contributed by atoms with Crippen LogP contribution in [0.1, 0.15) is 40.0 Å². The average molecular weight is 223 g/mol. The molecule has 0 amide bonds.